The van der Waals surface area contributed by atoms with E-state index in [2.05, 4.69) is 10.3 Å². The van der Waals surface area contributed by atoms with E-state index in [9.17, 15) is 14.4 Å². The van der Waals surface area contributed by atoms with Crippen molar-refractivity contribution in [3.8, 4) is 0 Å². The fraction of sp³-hybridized carbons (Fsp3) is 0.200. The van der Waals surface area contributed by atoms with E-state index in [0.717, 1.165) is 4.57 Å². The van der Waals surface area contributed by atoms with E-state index in [0.29, 0.717) is 11.1 Å². The predicted octanol–water partition coefficient (Wildman–Crippen LogP) is 4.47. The zero-order valence-electron chi connectivity index (χ0n) is 21.6. The minimum absolute atomic E-state index is 0.0695. The van der Waals surface area contributed by atoms with E-state index in [-0.39, 0.29) is 18.0 Å². The molecule has 2 heterocycles. The van der Waals surface area contributed by atoms with E-state index < -0.39 is 48.5 Å². The molecule has 1 aromatic heterocycles. The Kier molecular flexibility index (Phi) is 8.27. The Morgan fingerprint density at radius 3 is 2.15 bits per heavy atom. The summed E-state index contributed by atoms with van der Waals surface area (Å²) in [4.78, 5) is 41.6. The van der Waals surface area contributed by atoms with Crippen molar-refractivity contribution in [2.24, 2.45) is 0 Å². The monoisotopic (exact) mass is 561 g/mol. The summed E-state index contributed by atoms with van der Waals surface area (Å²) in [5.41, 5.74) is 0.215. The number of rotatable bonds is 9. The van der Waals surface area contributed by atoms with Crippen LogP contribution in [-0.2, 0) is 20.8 Å². The lowest BCUT2D eigenvalue weighted by Gasteiger charge is -2.24. The summed E-state index contributed by atoms with van der Waals surface area (Å²) in [5.74, 6) is -5.02. The fourth-order valence-corrected chi connectivity index (χ4v) is 4.28. The highest BCUT2D eigenvalue weighted by Gasteiger charge is 2.61. The van der Waals surface area contributed by atoms with E-state index >= 15 is 8.78 Å². The maximum Gasteiger partial charge on any atom is 0.351 e. The number of benzene rings is 3. The van der Waals surface area contributed by atoms with Gasteiger partial charge in [0.2, 0.25) is 0 Å². The highest BCUT2D eigenvalue weighted by molar-refractivity contribution is 6.03. The first-order chi connectivity index (χ1) is 19.8. The largest absolute Gasteiger partial charge is 0.459 e. The molecule has 0 aliphatic carbocycles. The van der Waals surface area contributed by atoms with Gasteiger partial charge in [0.15, 0.2) is 18.4 Å². The second-order valence-corrected chi connectivity index (χ2v) is 9.19. The van der Waals surface area contributed by atoms with Gasteiger partial charge in [0, 0.05) is 11.8 Å². The third kappa shape index (κ3) is 6.37. The predicted molar refractivity (Wildman–Crippen MR) is 143 cm³/mol. The number of hydrogen-bond donors (Lipinski definition) is 1. The van der Waals surface area contributed by atoms with Crippen molar-refractivity contribution >= 4 is 17.7 Å². The summed E-state index contributed by atoms with van der Waals surface area (Å²) in [5, 5.41) is 2.51. The average molecular weight is 562 g/mol. The number of halogens is 2. The number of carbonyl (C=O) groups is 2. The van der Waals surface area contributed by atoms with Crippen molar-refractivity contribution in [1.82, 2.24) is 9.55 Å². The lowest BCUT2D eigenvalue weighted by Crippen LogP contribution is -2.44. The van der Waals surface area contributed by atoms with Gasteiger partial charge < -0.3 is 19.5 Å². The molecule has 1 amide bonds. The highest BCUT2D eigenvalue weighted by Crippen LogP contribution is 2.43. The Hall–Kier alpha value is -4.74. The maximum atomic E-state index is 15.7. The molecule has 1 N–H and O–H groups in total. The number of esters is 1. The molecule has 5 rings (SSSR count). The number of aromatic nitrogens is 2. The first-order valence-electron chi connectivity index (χ1n) is 12.7. The molecule has 0 saturated carbocycles. The lowest BCUT2D eigenvalue weighted by molar-refractivity contribution is -0.146. The fourth-order valence-electron chi connectivity index (χ4n) is 4.28. The minimum atomic E-state index is -3.66. The molecule has 0 spiro atoms. The molecule has 9 nitrogen and oxygen atoms in total. The molecular weight excluding hydrogens is 536 g/mol. The molecule has 3 aromatic carbocycles. The van der Waals surface area contributed by atoms with Crippen LogP contribution in [0.5, 0.6) is 0 Å². The molecule has 41 heavy (non-hydrogen) atoms. The van der Waals surface area contributed by atoms with Gasteiger partial charge in [-0.2, -0.15) is 4.98 Å². The van der Waals surface area contributed by atoms with Crippen LogP contribution in [0.15, 0.2) is 108 Å². The number of amides is 1. The molecular formula is C30H25F2N3O6. The van der Waals surface area contributed by atoms with Gasteiger partial charge in [-0.3, -0.25) is 9.36 Å². The molecule has 0 radical (unpaired) electrons. The van der Waals surface area contributed by atoms with Crippen molar-refractivity contribution in [3.63, 3.8) is 0 Å². The lowest BCUT2D eigenvalue weighted by atomic mass is 10.1. The van der Waals surface area contributed by atoms with Crippen LogP contribution in [-0.4, -0.2) is 46.2 Å². The number of hydrogen-bond acceptors (Lipinski definition) is 7. The SMILES string of the molecule is O=C(Nc1ccn([C@H]2O[C@H](COC(=O)c3ccccc3)C(F)(F)[C@@H]2OCc2ccccc2)c(=O)n1)c1ccccc1. The van der Waals surface area contributed by atoms with E-state index in [4.69, 9.17) is 14.2 Å². The van der Waals surface area contributed by atoms with Gasteiger partial charge in [-0.1, -0.05) is 66.7 Å². The van der Waals surface area contributed by atoms with E-state index in [1.165, 1.54) is 24.4 Å². The summed E-state index contributed by atoms with van der Waals surface area (Å²) in [7, 11) is 0. The molecule has 0 bridgehead atoms. The number of nitrogens with zero attached hydrogens (tertiary/aromatic N) is 2. The third-order valence-electron chi connectivity index (χ3n) is 6.40. The topological polar surface area (TPSA) is 109 Å². The van der Waals surface area contributed by atoms with Crippen LogP contribution in [0.25, 0.3) is 0 Å². The number of anilines is 1. The Morgan fingerprint density at radius 2 is 1.51 bits per heavy atom. The second-order valence-electron chi connectivity index (χ2n) is 9.19. The summed E-state index contributed by atoms with van der Waals surface area (Å²) >= 11 is 0. The van der Waals surface area contributed by atoms with Crippen LogP contribution in [0.3, 0.4) is 0 Å². The third-order valence-corrected chi connectivity index (χ3v) is 6.40. The molecule has 1 saturated heterocycles. The zero-order chi connectivity index (χ0) is 28.8. The number of alkyl halides is 2. The summed E-state index contributed by atoms with van der Waals surface area (Å²) < 4.78 is 48.6. The second kappa shape index (κ2) is 12.2. The normalized spacial score (nSPS) is 19.4. The molecule has 1 aliphatic heterocycles. The quantitative estimate of drug-likeness (QED) is 0.301. The first-order valence-corrected chi connectivity index (χ1v) is 12.7. The van der Waals surface area contributed by atoms with Crippen molar-refractivity contribution in [2.45, 2.75) is 31.0 Å². The van der Waals surface area contributed by atoms with Crippen LogP contribution in [0.2, 0.25) is 0 Å². The van der Waals surface area contributed by atoms with Gasteiger partial charge >= 0.3 is 17.6 Å². The van der Waals surface area contributed by atoms with Gasteiger partial charge in [0.05, 0.1) is 12.2 Å². The summed E-state index contributed by atoms with van der Waals surface area (Å²) in [6.45, 7) is -0.972. The van der Waals surface area contributed by atoms with Crippen molar-refractivity contribution in [2.75, 3.05) is 11.9 Å². The Morgan fingerprint density at radius 1 is 0.902 bits per heavy atom. The number of carbonyl (C=O) groups excluding carboxylic acids is 2. The zero-order valence-corrected chi connectivity index (χ0v) is 21.6. The highest BCUT2D eigenvalue weighted by atomic mass is 19.3. The Balaban J connectivity index is 1.37. The van der Waals surface area contributed by atoms with Crippen molar-refractivity contribution < 1.29 is 32.6 Å². The van der Waals surface area contributed by atoms with E-state index in [1.54, 1.807) is 78.9 Å². The minimum Gasteiger partial charge on any atom is -0.459 e. The van der Waals surface area contributed by atoms with Gasteiger partial charge in [-0.15, -0.1) is 0 Å². The molecule has 1 aliphatic rings. The molecule has 4 aromatic rings. The van der Waals surface area contributed by atoms with Crippen LogP contribution in [0.1, 0.15) is 32.5 Å². The smallest absolute Gasteiger partial charge is 0.351 e. The maximum absolute atomic E-state index is 15.7. The molecule has 0 unspecified atom stereocenters. The molecule has 3 atom stereocenters. The van der Waals surface area contributed by atoms with Gasteiger partial charge in [0.1, 0.15) is 12.4 Å². The molecule has 1 fully saturated rings. The van der Waals surface area contributed by atoms with Crippen molar-refractivity contribution in [3.05, 3.63) is 130 Å². The van der Waals surface area contributed by atoms with Crippen molar-refractivity contribution in [1.29, 1.82) is 0 Å². The van der Waals surface area contributed by atoms with Crippen LogP contribution >= 0.6 is 0 Å². The molecule has 11 heteroatoms. The van der Waals surface area contributed by atoms with Gasteiger partial charge in [-0.05, 0) is 35.9 Å². The van der Waals surface area contributed by atoms with Gasteiger partial charge in [-0.25, -0.2) is 18.4 Å². The average Bonchev–Trinajstić information content (AvgIpc) is 3.24. The number of nitrogens with one attached hydrogen (secondary N) is 1. The van der Waals surface area contributed by atoms with Crippen LogP contribution in [0.4, 0.5) is 14.6 Å². The Labute approximate surface area is 233 Å². The standard InChI is InChI=1S/C30H25F2N3O6/c31-30(32)23(19-40-28(37)22-14-8-3-9-15-22)41-27(25(30)39-18-20-10-4-1-5-11-20)35-17-16-24(34-29(35)38)33-26(36)21-12-6-2-7-13-21/h1-17,23,25,27H,18-19H2,(H,33,34,36,38)/t23-,25-,27+/m1/s1. The van der Waals surface area contributed by atoms with Gasteiger partial charge in [0.25, 0.3) is 5.91 Å². The first kappa shape index (κ1) is 27.8. The van der Waals surface area contributed by atoms with Crippen LogP contribution < -0.4 is 11.0 Å². The van der Waals surface area contributed by atoms with Crippen LogP contribution in [0, 0.1) is 0 Å². The summed E-state index contributed by atoms with van der Waals surface area (Å²) in [6.07, 6.45) is -4.25. The summed E-state index contributed by atoms with van der Waals surface area (Å²) in [6, 6.07) is 26.2. The number of ether oxygens (including phenoxy) is 3. The Bertz CT molecular complexity index is 1550. The van der Waals surface area contributed by atoms with E-state index in [1.807, 2.05) is 0 Å². The molecule has 210 valence electrons.